The van der Waals surface area contributed by atoms with Crippen LogP contribution >= 0.6 is 0 Å². The molecule has 3 heteroatoms. The van der Waals surface area contributed by atoms with E-state index in [-0.39, 0.29) is 11.4 Å². The average molecular weight is 184 g/mol. The van der Waals surface area contributed by atoms with Gasteiger partial charge in [-0.05, 0) is 12.3 Å². The van der Waals surface area contributed by atoms with Crippen molar-refractivity contribution in [2.45, 2.75) is 27.2 Å². The summed E-state index contributed by atoms with van der Waals surface area (Å²) in [7, 11) is 0. The van der Waals surface area contributed by atoms with E-state index in [2.05, 4.69) is 0 Å². The quantitative estimate of drug-likeness (QED) is 0.371. The minimum absolute atomic E-state index is 0.269. The van der Waals surface area contributed by atoms with Crippen LogP contribution in [0.3, 0.4) is 0 Å². The minimum Gasteiger partial charge on any atom is -0.463 e. The first-order valence-electron chi connectivity index (χ1n) is 4.31. The molecule has 74 valence electrons. The van der Waals surface area contributed by atoms with Crippen molar-refractivity contribution in [2.24, 2.45) is 5.41 Å². The smallest absolute Gasteiger partial charge is 0.330 e. The summed E-state index contributed by atoms with van der Waals surface area (Å²) < 4.78 is 4.70. The van der Waals surface area contributed by atoms with Crippen LogP contribution in [0, 0.1) is 5.41 Å². The van der Waals surface area contributed by atoms with Crippen molar-refractivity contribution in [2.75, 3.05) is 6.61 Å². The Hall–Kier alpha value is -1.12. The topological polar surface area (TPSA) is 43.4 Å². The van der Waals surface area contributed by atoms with E-state index in [1.54, 1.807) is 13.0 Å². The van der Waals surface area contributed by atoms with Crippen molar-refractivity contribution in [1.29, 1.82) is 0 Å². The first-order valence-corrected chi connectivity index (χ1v) is 4.31. The lowest BCUT2D eigenvalue weighted by atomic mass is 9.90. The van der Waals surface area contributed by atoms with Gasteiger partial charge in [0.2, 0.25) is 0 Å². The number of carbonyl (C=O) groups excluding carboxylic acids is 2. The molecule has 13 heavy (non-hydrogen) atoms. The Morgan fingerprint density at radius 1 is 1.46 bits per heavy atom. The van der Waals surface area contributed by atoms with E-state index >= 15 is 0 Å². The number of rotatable bonds is 5. The van der Waals surface area contributed by atoms with Gasteiger partial charge in [-0.15, -0.1) is 0 Å². The van der Waals surface area contributed by atoms with Gasteiger partial charge in [-0.2, -0.15) is 0 Å². The number of allylic oxidation sites excluding steroid dienone is 1. The first kappa shape index (κ1) is 11.9. The first-order chi connectivity index (χ1) is 6.02. The highest BCUT2D eigenvalue weighted by Crippen LogP contribution is 2.20. The summed E-state index contributed by atoms with van der Waals surface area (Å²) in [4.78, 5) is 21.1. The second-order valence-electron chi connectivity index (χ2n) is 3.44. The van der Waals surface area contributed by atoms with Gasteiger partial charge in [0, 0.05) is 12.5 Å². The molecule has 0 atom stereocenters. The van der Waals surface area contributed by atoms with Gasteiger partial charge in [0.15, 0.2) is 0 Å². The van der Waals surface area contributed by atoms with Gasteiger partial charge in [0.05, 0.1) is 6.61 Å². The van der Waals surface area contributed by atoms with Crippen LogP contribution in [0.1, 0.15) is 27.2 Å². The van der Waals surface area contributed by atoms with Crippen LogP contribution < -0.4 is 0 Å². The molecule has 0 aliphatic carbocycles. The zero-order valence-electron chi connectivity index (χ0n) is 8.37. The van der Waals surface area contributed by atoms with Gasteiger partial charge < -0.3 is 9.53 Å². The maximum atomic E-state index is 10.9. The highest BCUT2D eigenvalue weighted by molar-refractivity contribution is 5.82. The number of hydrogen-bond donors (Lipinski definition) is 0. The number of aldehydes is 1. The number of hydrogen-bond acceptors (Lipinski definition) is 3. The van der Waals surface area contributed by atoms with Crippen LogP contribution in [0.15, 0.2) is 12.2 Å². The fourth-order valence-corrected chi connectivity index (χ4v) is 0.767. The molecular weight excluding hydrogens is 168 g/mol. The summed E-state index contributed by atoms with van der Waals surface area (Å²) in [6, 6.07) is 0. The van der Waals surface area contributed by atoms with E-state index in [4.69, 9.17) is 4.74 Å². The SMILES string of the molecule is CCOC(=O)C=CC(C)(C)CC=O. The molecule has 0 aromatic rings. The van der Waals surface area contributed by atoms with Gasteiger partial charge in [-0.25, -0.2) is 4.79 Å². The van der Waals surface area contributed by atoms with Crippen LogP contribution in [0.4, 0.5) is 0 Å². The van der Waals surface area contributed by atoms with Crippen molar-refractivity contribution < 1.29 is 14.3 Å². The summed E-state index contributed by atoms with van der Waals surface area (Å²) in [6.45, 7) is 5.90. The number of esters is 1. The maximum absolute atomic E-state index is 10.9. The fourth-order valence-electron chi connectivity index (χ4n) is 0.767. The Balaban J connectivity index is 4.08. The van der Waals surface area contributed by atoms with Crippen LogP contribution in [-0.2, 0) is 14.3 Å². The molecule has 0 unspecified atom stereocenters. The van der Waals surface area contributed by atoms with E-state index in [0.29, 0.717) is 13.0 Å². The summed E-state index contributed by atoms with van der Waals surface area (Å²) >= 11 is 0. The number of carbonyl (C=O) groups is 2. The largest absolute Gasteiger partial charge is 0.463 e. The molecule has 0 aromatic heterocycles. The van der Waals surface area contributed by atoms with Gasteiger partial charge in [0.25, 0.3) is 0 Å². The molecule has 0 saturated carbocycles. The highest BCUT2D eigenvalue weighted by atomic mass is 16.5. The normalized spacial score (nSPS) is 11.6. The molecule has 0 saturated heterocycles. The van der Waals surface area contributed by atoms with Gasteiger partial charge in [-0.3, -0.25) is 0 Å². The zero-order valence-corrected chi connectivity index (χ0v) is 8.37. The van der Waals surface area contributed by atoms with Crippen LogP contribution in [0.5, 0.6) is 0 Å². The van der Waals surface area contributed by atoms with Gasteiger partial charge in [0.1, 0.15) is 6.29 Å². The van der Waals surface area contributed by atoms with Crippen molar-refractivity contribution in [3.8, 4) is 0 Å². The summed E-state index contributed by atoms with van der Waals surface area (Å²) in [6.07, 6.45) is 4.31. The fraction of sp³-hybridized carbons (Fsp3) is 0.600. The van der Waals surface area contributed by atoms with E-state index < -0.39 is 0 Å². The molecule has 0 bridgehead atoms. The molecule has 0 spiro atoms. The van der Waals surface area contributed by atoms with Gasteiger partial charge >= 0.3 is 5.97 Å². The molecule has 0 rings (SSSR count). The van der Waals surface area contributed by atoms with Crippen molar-refractivity contribution in [3.63, 3.8) is 0 Å². The second kappa shape index (κ2) is 5.51. The predicted molar refractivity (Wildman–Crippen MR) is 50.2 cm³/mol. The zero-order chi connectivity index (χ0) is 10.3. The Morgan fingerprint density at radius 2 is 2.08 bits per heavy atom. The van der Waals surface area contributed by atoms with E-state index in [1.165, 1.54) is 6.08 Å². The summed E-state index contributed by atoms with van der Waals surface area (Å²) in [5.74, 6) is -0.360. The molecule has 0 aromatic carbocycles. The second-order valence-corrected chi connectivity index (χ2v) is 3.44. The standard InChI is InChI=1S/C10H16O3/c1-4-13-9(12)5-6-10(2,3)7-8-11/h5-6,8H,4,7H2,1-3H3. The number of ether oxygens (including phenoxy) is 1. The Bertz CT molecular complexity index is 204. The van der Waals surface area contributed by atoms with E-state index in [9.17, 15) is 9.59 Å². The van der Waals surface area contributed by atoms with Crippen LogP contribution in [0.2, 0.25) is 0 Å². The highest BCUT2D eigenvalue weighted by Gasteiger charge is 2.13. The van der Waals surface area contributed by atoms with Crippen molar-refractivity contribution in [1.82, 2.24) is 0 Å². The monoisotopic (exact) mass is 184 g/mol. The van der Waals surface area contributed by atoms with E-state index in [0.717, 1.165) is 6.29 Å². The third kappa shape index (κ3) is 6.08. The Kier molecular flexibility index (Phi) is 5.04. The van der Waals surface area contributed by atoms with Gasteiger partial charge in [-0.1, -0.05) is 19.9 Å². The molecule has 0 fully saturated rings. The molecular formula is C10H16O3. The summed E-state index contributed by atoms with van der Waals surface area (Å²) in [5.41, 5.74) is -0.269. The lowest BCUT2D eigenvalue weighted by Gasteiger charge is -2.15. The molecule has 0 aliphatic rings. The maximum Gasteiger partial charge on any atom is 0.330 e. The Labute approximate surface area is 78.8 Å². The minimum atomic E-state index is -0.360. The van der Waals surface area contributed by atoms with Crippen molar-refractivity contribution >= 4 is 12.3 Å². The molecule has 3 nitrogen and oxygen atoms in total. The lowest BCUT2D eigenvalue weighted by molar-refractivity contribution is -0.137. The molecule has 0 amide bonds. The molecule has 0 N–H and O–H groups in total. The Morgan fingerprint density at radius 3 is 2.54 bits per heavy atom. The third-order valence-electron chi connectivity index (χ3n) is 1.57. The molecule has 0 heterocycles. The van der Waals surface area contributed by atoms with E-state index in [1.807, 2.05) is 13.8 Å². The van der Waals surface area contributed by atoms with Crippen LogP contribution in [0.25, 0.3) is 0 Å². The lowest BCUT2D eigenvalue weighted by Crippen LogP contribution is -2.09. The van der Waals surface area contributed by atoms with Crippen molar-refractivity contribution in [3.05, 3.63) is 12.2 Å². The molecule has 0 aliphatic heterocycles. The average Bonchev–Trinajstić information content (AvgIpc) is 2.02. The third-order valence-corrected chi connectivity index (χ3v) is 1.57. The van der Waals surface area contributed by atoms with Crippen LogP contribution in [-0.4, -0.2) is 18.9 Å². The summed E-state index contributed by atoms with van der Waals surface area (Å²) in [5, 5.41) is 0. The predicted octanol–water partition coefficient (Wildman–Crippen LogP) is 1.72. The molecule has 0 radical (unpaired) electrons.